The van der Waals surface area contributed by atoms with Gasteiger partial charge in [-0.1, -0.05) is 29.9 Å². The Morgan fingerprint density at radius 3 is 2.24 bits per heavy atom. The van der Waals surface area contributed by atoms with E-state index in [1.165, 1.54) is 22.3 Å². The van der Waals surface area contributed by atoms with Crippen LogP contribution in [0.5, 0.6) is 0 Å². The first-order valence-electron chi connectivity index (χ1n) is 5.93. The van der Waals surface area contributed by atoms with Crippen molar-refractivity contribution in [1.82, 2.24) is 4.90 Å². The van der Waals surface area contributed by atoms with Crippen molar-refractivity contribution < 1.29 is 0 Å². The summed E-state index contributed by atoms with van der Waals surface area (Å²) in [7, 11) is 2.11. The largest absolute Gasteiger partial charge is 0.393 e. The Balaban J connectivity index is 2.71. The van der Waals surface area contributed by atoms with Gasteiger partial charge in [-0.15, -0.1) is 0 Å². The van der Waals surface area contributed by atoms with Crippen molar-refractivity contribution in [3.8, 4) is 0 Å². The molecule has 0 aliphatic heterocycles. The number of rotatable bonds is 5. The molecule has 0 fully saturated rings. The number of hydrogen-bond donors (Lipinski definition) is 1. The standard InChI is InChI=1S/C14H22N2S/c1-10-7-11(2)13(12(3)8-10)9-16(4)6-5-14(15)17/h7-8H,5-6,9H2,1-4H3,(H2,15,17). The van der Waals surface area contributed by atoms with Crippen LogP contribution in [0.1, 0.15) is 28.7 Å². The van der Waals surface area contributed by atoms with E-state index in [-0.39, 0.29) is 0 Å². The van der Waals surface area contributed by atoms with Gasteiger partial charge in [0.05, 0.1) is 4.99 Å². The summed E-state index contributed by atoms with van der Waals surface area (Å²) >= 11 is 4.90. The van der Waals surface area contributed by atoms with Crippen molar-refractivity contribution in [2.75, 3.05) is 13.6 Å². The maximum Gasteiger partial charge on any atom is 0.0740 e. The van der Waals surface area contributed by atoms with Gasteiger partial charge in [-0.3, -0.25) is 0 Å². The first kappa shape index (κ1) is 14.1. The molecule has 94 valence electrons. The Hall–Kier alpha value is -0.930. The smallest absolute Gasteiger partial charge is 0.0740 e. The van der Waals surface area contributed by atoms with Crippen LogP contribution in [0, 0.1) is 20.8 Å². The van der Waals surface area contributed by atoms with Gasteiger partial charge in [0.15, 0.2) is 0 Å². The molecule has 3 heteroatoms. The van der Waals surface area contributed by atoms with E-state index in [2.05, 4.69) is 44.9 Å². The molecule has 2 N–H and O–H groups in total. The summed E-state index contributed by atoms with van der Waals surface area (Å²) < 4.78 is 0. The Morgan fingerprint density at radius 1 is 1.24 bits per heavy atom. The van der Waals surface area contributed by atoms with Crippen LogP contribution in [0.15, 0.2) is 12.1 Å². The third kappa shape index (κ3) is 4.44. The molecule has 0 unspecified atom stereocenters. The van der Waals surface area contributed by atoms with E-state index >= 15 is 0 Å². The summed E-state index contributed by atoms with van der Waals surface area (Å²) in [5, 5.41) is 0. The van der Waals surface area contributed by atoms with Gasteiger partial charge in [0.1, 0.15) is 0 Å². The van der Waals surface area contributed by atoms with Gasteiger partial charge >= 0.3 is 0 Å². The van der Waals surface area contributed by atoms with Crippen LogP contribution in [0.4, 0.5) is 0 Å². The fraction of sp³-hybridized carbons (Fsp3) is 0.500. The fourth-order valence-electron chi connectivity index (χ4n) is 2.11. The molecule has 0 aliphatic carbocycles. The molecule has 0 atom stereocenters. The molecule has 0 saturated heterocycles. The highest BCUT2D eigenvalue weighted by Crippen LogP contribution is 2.17. The third-order valence-corrected chi connectivity index (χ3v) is 3.21. The predicted octanol–water partition coefficient (Wildman–Crippen LogP) is 2.72. The third-order valence-electron chi connectivity index (χ3n) is 3.01. The van der Waals surface area contributed by atoms with Crippen molar-refractivity contribution >= 4 is 17.2 Å². The van der Waals surface area contributed by atoms with E-state index in [0.717, 1.165) is 19.5 Å². The molecular weight excluding hydrogens is 228 g/mol. The number of hydrogen-bond acceptors (Lipinski definition) is 2. The lowest BCUT2D eigenvalue weighted by molar-refractivity contribution is 0.336. The normalized spacial score (nSPS) is 10.9. The summed E-state index contributed by atoms with van der Waals surface area (Å²) in [6.07, 6.45) is 0.787. The first-order chi connectivity index (χ1) is 7.90. The Kier molecular flexibility index (Phi) is 5.09. The highest BCUT2D eigenvalue weighted by molar-refractivity contribution is 7.80. The fourth-order valence-corrected chi connectivity index (χ4v) is 2.20. The number of nitrogens with two attached hydrogens (primary N) is 1. The minimum Gasteiger partial charge on any atom is -0.393 e. The Labute approximate surface area is 110 Å². The molecule has 1 aromatic carbocycles. The SMILES string of the molecule is Cc1cc(C)c(CN(C)CCC(N)=S)c(C)c1. The van der Waals surface area contributed by atoms with Crippen molar-refractivity contribution in [3.05, 3.63) is 34.4 Å². The van der Waals surface area contributed by atoms with Crippen LogP contribution in [0.2, 0.25) is 0 Å². The zero-order valence-corrected chi connectivity index (χ0v) is 12.0. The van der Waals surface area contributed by atoms with Crippen molar-refractivity contribution in [3.63, 3.8) is 0 Å². The minimum atomic E-state index is 0.592. The summed E-state index contributed by atoms with van der Waals surface area (Å²) in [5.74, 6) is 0. The van der Waals surface area contributed by atoms with Gasteiger partial charge in [0.25, 0.3) is 0 Å². The topological polar surface area (TPSA) is 29.3 Å². The van der Waals surface area contributed by atoms with Gasteiger partial charge in [-0.25, -0.2) is 0 Å². The van der Waals surface area contributed by atoms with E-state index in [9.17, 15) is 0 Å². The zero-order chi connectivity index (χ0) is 13.0. The van der Waals surface area contributed by atoms with Crippen LogP contribution in [0.3, 0.4) is 0 Å². The molecule has 1 rings (SSSR count). The number of nitrogens with zero attached hydrogens (tertiary/aromatic N) is 1. The molecule has 0 aliphatic rings. The minimum absolute atomic E-state index is 0.592. The molecule has 0 saturated carbocycles. The summed E-state index contributed by atoms with van der Waals surface area (Å²) in [4.78, 5) is 2.86. The summed E-state index contributed by atoms with van der Waals surface area (Å²) in [5.41, 5.74) is 11.0. The highest BCUT2D eigenvalue weighted by Gasteiger charge is 2.07. The predicted molar refractivity (Wildman–Crippen MR) is 78.4 cm³/mol. The van der Waals surface area contributed by atoms with Crippen molar-refractivity contribution in [1.29, 1.82) is 0 Å². The second kappa shape index (κ2) is 6.12. The second-order valence-electron chi connectivity index (χ2n) is 4.83. The van der Waals surface area contributed by atoms with E-state index in [0.29, 0.717) is 4.99 Å². The number of benzene rings is 1. The Morgan fingerprint density at radius 2 is 1.76 bits per heavy atom. The van der Waals surface area contributed by atoms with Gasteiger partial charge in [-0.05, 0) is 44.5 Å². The average molecular weight is 250 g/mol. The average Bonchev–Trinajstić information content (AvgIpc) is 2.20. The molecule has 17 heavy (non-hydrogen) atoms. The number of thiocarbonyl (C=S) groups is 1. The van der Waals surface area contributed by atoms with Gasteiger partial charge in [0, 0.05) is 19.5 Å². The van der Waals surface area contributed by atoms with Crippen LogP contribution < -0.4 is 5.73 Å². The maximum atomic E-state index is 5.52. The quantitative estimate of drug-likeness (QED) is 0.815. The summed E-state index contributed by atoms with van der Waals surface area (Å²) in [6.45, 7) is 8.37. The van der Waals surface area contributed by atoms with Gasteiger partial charge in [-0.2, -0.15) is 0 Å². The molecule has 0 heterocycles. The van der Waals surface area contributed by atoms with Gasteiger partial charge in [0.2, 0.25) is 0 Å². The zero-order valence-electron chi connectivity index (χ0n) is 11.2. The molecule has 0 spiro atoms. The Bertz CT molecular complexity index is 390. The highest BCUT2D eigenvalue weighted by atomic mass is 32.1. The molecular formula is C14H22N2S. The van der Waals surface area contributed by atoms with Crippen LogP contribution >= 0.6 is 12.2 Å². The molecule has 0 radical (unpaired) electrons. The van der Waals surface area contributed by atoms with Crippen molar-refractivity contribution in [2.45, 2.75) is 33.7 Å². The van der Waals surface area contributed by atoms with E-state index in [1.54, 1.807) is 0 Å². The monoisotopic (exact) mass is 250 g/mol. The lowest BCUT2D eigenvalue weighted by atomic mass is 9.99. The second-order valence-corrected chi connectivity index (χ2v) is 5.36. The summed E-state index contributed by atoms with van der Waals surface area (Å²) in [6, 6.07) is 4.48. The first-order valence-corrected chi connectivity index (χ1v) is 6.34. The lowest BCUT2D eigenvalue weighted by Gasteiger charge is -2.19. The lowest BCUT2D eigenvalue weighted by Crippen LogP contribution is -2.24. The van der Waals surface area contributed by atoms with E-state index < -0.39 is 0 Å². The molecule has 0 amide bonds. The van der Waals surface area contributed by atoms with E-state index in [1.807, 2.05) is 0 Å². The molecule has 2 nitrogen and oxygen atoms in total. The molecule has 0 aromatic heterocycles. The molecule has 0 bridgehead atoms. The van der Waals surface area contributed by atoms with E-state index in [4.69, 9.17) is 18.0 Å². The maximum absolute atomic E-state index is 5.52. The van der Waals surface area contributed by atoms with Crippen LogP contribution in [-0.2, 0) is 6.54 Å². The van der Waals surface area contributed by atoms with Gasteiger partial charge < -0.3 is 10.6 Å². The molecule has 1 aromatic rings. The van der Waals surface area contributed by atoms with Crippen LogP contribution in [-0.4, -0.2) is 23.5 Å². The van der Waals surface area contributed by atoms with Crippen molar-refractivity contribution in [2.24, 2.45) is 5.73 Å². The number of aryl methyl sites for hydroxylation is 3. The van der Waals surface area contributed by atoms with Crippen LogP contribution in [0.25, 0.3) is 0 Å².